The molecule has 102 valence electrons. The average molecular weight is 251 g/mol. The zero-order valence-electron chi connectivity index (χ0n) is 11.2. The summed E-state index contributed by atoms with van der Waals surface area (Å²) in [7, 11) is 0. The van der Waals surface area contributed by atoms with E-state index in [0.717, 1.165) is 26.2 Å². The minimum absolute atomic E-state index is 0.185. The van der Waals surface area contributed by atoms with Gasteiger partial charge in [0.1, 0.15) is 0 Å². The highest BCUT2D eigenvalue weighted by Crippen LogP contribution is 2.35. The number of hydrogen-bond donors (Lipinski definition) is 2. The lowest BCUT2D eigenvalue weighted by Gasteiger charge is -2.45. The molecule has 2 amide bonds. The maximum absolute atomic E-state index is 12.2. The van der Waals surface area contributed by atoms with Crippen molar-refractivity contribution >= 4 is 6.03 Å². The summed E-state index contributed by atoms with van der Waals surface area (Å²) in [6.45, 7) is 4.15. The van der Waals surface area contributed by atoms with Crippen LogP contribution in [0.3, 0.4) is 0 Å². The predicted octanol–water partition coefficient (Wildman–Crippen LogP) is 1.71. The van der Waals surface area contributed by atoms with Gasteiger partial charge in [-0.2, -0.15) is 0 Å². The van der Waals surface area contributed by atoms with Crippen molar-refractivity contribution in [3.63, 3.8) is 0 Å². The Hall–Kier alpha value is -0.770. The van der Waals surface area contributed by atoms with Gasteiger partial charge >= 0.3 is 6.03 Å². The van der Waals surface area contributed by atoms with E-state index in [-0.39, 0.29) is 6.03 Å². The molecule has 18 heavy (non-hydrogen) atoms. The number of likely N-dealkylation sites (tertiary alicyclic amines) is 1. The van der Waals surface area contributed by atoms with Gasteiger partial charge in [0.05, 0.1) is 0 Å². The first kappa shape index (κ1) is 12.3. The molecule has 2 aliphatic heterocycles. The molecule has 4 heteroatoms. The Morgan fingerprint density at radius 3 is 2.72 bits per heavy atom. The van der Waals surface area contributed by atoms with Gasteiger partial charge in [-0.05, 0) is 51.5 Å². The van der Waals surface area contributed by atoms with Crippen LogP contribution < -0.4 is 10.6 Å². The molecule has 3 fully saturated rings. The van der Waals surface area contributed by atoms with Gasteiger partial charge in [-0.25, -0.2) is 4.79 Å². The molecule has 1 aliphatic carbocycles. The first-order valence-corrected chi connectivity index (χ1v) is 7.54. The maximum atomic E-state index is 12.2. The lowest BCUT2D eigenvalue weighted by molar-refractivity contribution is 0.0789. The zero-order valence-corrected chi connectivity index (χ0v) is 11.2. The minimum atomic E-state index is 0.185. The third-order valence-corrected chi connectivity index (χ3v) is 4.94. The highest BCUT2D eigenvalue weighted by molar-refractivity contribution is 5.74. The topological polar surface area (TPSA) is 44.4 Å². The van der Waals surface area contributed by atoms with Gasteiger partial charge < -0.3 is 15.5 Å². The monoisotopic (exact) mass is 251 g/mol. The lowest BCUT2D eigenvalue weighted by Crippen LogP contribution is -2.56. The van der Waals surface area contributed by atoms with Gasteiger partial charge in [-0.3, -0.25) is 0 Å². The largest absolute Gasteiger partial charge is 0.335 e. The molecule has 2 saturated heterocycles. The van der Waals surface area contributed by atoms with Gasteiger partial charge in [0.25, 0.3) is 0 Å². The molecule has 1 spiro atoms. The number of amides is 2. The second-order valence-electron chi connectivity index (χ2n) is 6.38. The standard InChI is InChI=1S/C14H25N3O/c18-13(16-12-4-1-5-12)17-9-3-7-14(11-17)6-2-8-15-10-14/h12,15H,1-11H2,(H,16,18). The maximum Gasteiger partial charge on any atom is 0.317 e. The Morgan fingerprint density at radius 2 is 2.06 bits per heavy atom. The van der Waals surface area contributed by atoms with Crippen LogP contribution in [0, 0.1) is 5.41 Å². The fourth-order valence-electron chi connectivity index (χ4n) is 3.58. The van der Waals surface area contributed by atoms with E-state index in [1.165, 1.54) is 44.9 Å². The molecule has 0 aromatic rings. The second-order valence-corrected chi connectivity index (χ2v) is 6.38. The molecule has 0 aromatic carbocycles. The van der Waals surface area contributed by atoms with E-state index in [0.29, 0.717) is 11.5 Å². The summed E-state index contributed by atoms with van der Waals surface area (Å²) in [5.41, 5.74) is 0.369. The molecule has 0 radical (unpaired) electrons. The van der Waals surface area contributed by atoms with Gasteiger partial charge in [0, 0.05) is 31.1 Å². The van der Waals surface area contributed by atoms with E-state index >= 15 is 0 Å². The molecular weight excluding hydrogens is 226 g/mol. The fourth-order valence-corrected chi connectivity index (χ4v) is 3.58. The predicted molar refractivity (Wildman–Crippen MR) is 71.5 cm³/mol. The number of rotatable bonds is 1. The molecule has 0 bridgehead atoms. The van der Waals surface area contributed by atoms with Crippen molar-refractivity contribution in [3.05, 3.63) is 0 Å². The van der Waals surface area contributed by atoms with Crippen molar-refractivity contribution in [2.24, 2.45) is 5.41 Å². The second kappa shape index (κ2) is 5.08. The van der Waals surface area contributed by atoms with Gasteiger partial charge in [0.15, 0.2) is 0 Å². The van der Waals surface area contributed by atoms with E-state index in [4.69, 9.17) is 0 Å². The minimum Gasteiger partial charge on any atom is -0.335 e. The number of urea groups is 1. The van der Waals surface area contributed by atoms with Gasteiger partial charge in [-0.15, -0.1) is 0 Å². The molecule has 1 unspecified atom stereocenters. The van der Waals surface area contributed by atoms with Crippen LogP contribution in [0.2, 0.25) is 0 Å². The summed E-state index contributed by atoms with van der Waals surface area (Å²) in [6.07, 6.45) is 8.62. The van der Waals surface area contributed by atoms with Crippen LogP contribution in [0.25, 0.3) is 0 Å². The number of piperidine rings is 2. The summed E-state index contributed by atoms with van der Waals surface area (Å²) in [4.78, 5) is 14.3. The molecule has 1 atom stereocenters. The smallest absolute Gasteiger partial charge is 0.317 e. The van der Waals surface area contributed by atoms with E-state index < -0.39 is 0 Å². The Balaban J connectivity index is 1.56. The van der Waals surface area contributed by atoms with Crippen LogP contribution >= 0.6 is 0 Å². The van der Waals surface area contributed by atoms with Gasteiger partial charge in [-0.1, -0.05) is 0 Å². The Bertz CT molecular complexity index is 303. The summed E-state index contributed by atoms with van der Waals surface area (Å²) in [5.74, 6) is 0. The van der Waals surface area contributed by atoms with Crippen LogP contribution in [0.1, 0.15) is 44.9 Å². The highest BCUT2D eigenvalue weighted by atomic mass is 16.2. The molecule has 4 nitrogen and oxygen atoms in total. The normalized spacial score (nSPS) is 33.2. The van der Waals surface area contributed by atoms with Crippen LogP contribution in [0.4, 0.5) is 4.79 Å². The van der Waals surface area contributed by atoms with Crippen LogP contribution in [0.15, 0.2) is 0 Å². The van der Waals surface area contributed by atoms with Crippen molar-refractivity contribution in [2.75, 3.05) is 26.2 Å². The molecule has 2 heterocycles. The highest BCUT2D eigenvalue weighted by Gasteiger charge is 2.38. The molecule has 3 rings (SSSR count). The first-order chi connectivity index (χ1) is 8.77. The van der Waals surface area contributed by atoms with Crippen LogP contribution in [-0.2, 0) is 0 Å². The summed E-state index contributed by atoms with van der Waals surface area (Å²) < 4.78 is 0. The van der Waals surface area contributed by atoms with Gasteiger partial charge in [0.2, 0.25) is 0 Å². The van der Waals surface area contributed by atoms with Crippen molar-refractivity contribution < 1.29 is 4.79 Å². The summed E-state index contributed by atoms with van der Waals surface area (Å²) in [5, 5.41) is 6.68. The Morgan fingerprint density at radius 1 is 1.22 bits per heavy atom. The van der Waals surface area contributed by atoms with Crippen molar-refractivity contribution in [3.8, 4) is 0 Å². The third kappa shape index (κ3) is 2.48. The Labute approximate surface area is 109 Å². The van der Waals surface area contributed by atoms with E-state index in [1.807, 2.05) is 0 Å². The van der Waals surface area contributed by atoms with Crippen molar-refractivity contribution in [1.82, 2.24) is 15.5 Å². The van der Waals surface area contributed by atoms with Crippen molar-refractivity contribution in [1.29, 1.82) is 0 Å². The molecule has 1 saturated carbocycles. The number of hydrogen-bond acceptors (Lipinski definition) is 2. The molecule has 3 aliphatic rings. The molecule has 2 N–H and O–H groups in total. The van der Waals surface area contributed by atoms with E-state index in [2.05, 4.69) is 15.5 Å². The van der Waals surface area contributed by atoms with Crippen LogP contribution in [0.5, 0.6) is 0 Å². The lowest BCUT2D eigenvalue weighted by atomic mass is 9.74. The third-order valence-electron chi connectivity index (χ3n) is 4.94. The molecular formula is C14H25N3O. The summed E-state index contributed by atoms with van der Waals surface area (Å²) >= 11 is 0. The number of carbonyl (C=O) groups excluding carboxylic acids is 1. The quantitative estimate of drug-likeness (QED) is 0.745. The van der Waals surface area contributed by atoms with E-state index in [1.54, 1.807) is 0 Å². The molecule has 0 aromatic heterocycles. The summed E-state index contributed by atoms with van der Waals surface area (Å²) in [6, 6.07) is 0.643. The Kier molecular flexibility index (Phi) is 3.46. The van der Waals surface area contributed by atoms with E-state index in [9.17, 15) is 4.79 Å². The average Bonchev–Trinajstić information content (AvgIpc) is 2.34. The SMILES string of the molecule is O=C(NC1CCC1)N1CCCC2(CCCNC2)C1. The number of carbonyl (C=O) groups is 1. The number of nitrogens with zero attached hydrogens (tertiary/aromatic N) is 1. The number of nitrogens with one attached hydrogen (secondary N) is 2. The van der Waals surface area contributed by atoms with Crippen molar-refractivity contribution in [2.45, 2.75) is 51.0 Å². The zero-order chi connectivity index (χ0) is 12.4. The first-order valence-electron chi connectivity index (χ1n) is 7.54. The fraction of sp³-hybridized carbons (Fsp3) is 0.929. The van der Waals surface area contributed by atoms with Crippen LogP contribution in [-0.4, -0.2) is 43.2 Å².